The molecule has 2 amide bonds. The lowest BCUT2D eigenvalue weighted by Crippen LogP contribution is -2.37. The third-order valence-corrected chi connectivity index (χ3v) is 12.0. The quantitative estimate of drug-likeness (QED) is 0.317. The summed E-state index contributed by atoms with van der Waals surface area (Å²) >= 11 is 19.0. The van der Waals surface area contributed by atoms with E-state index in [0.717, 1.165) is 9.75 Å². The lowest BCUT2D eigenvalue weighted by Gasteiger charge is -2.20. The first-order valence-electron chi connectivity index (χ1n) is 10.2. The summed E-state index contributed by atoms with van der Waals surface area (Å²) in [4.78, 5) is 31.1. The standard InChI is InChI=1S/C24H15Cl2NO2S4/c25-12-6-17(30-10-12)19-8-15-21(32-19)22-16(9-20(33-22)18-7-13(26)11-31-18)24(29)27(23(15)28)14-4-2-1-3-5-14/h1-11,19-22H. The van der Waals surface area contributed by atoms with Crippen molar-refractivity contribution in [2.24, 2.45) is 0 Å². The van der Waals surface area contributed by atoms with Gasteiger partial charge in [0.25, 0.3) is 11.8 Å². The number of imide groups is 1. The average Bonchev–Trinajstić information content (AvgIpc) is 3.59. The van der Waals surface area contributed by atoms with E-state index in [-0.39, 0.29) is 32.8 Å². The number of nitrogens with zero attached hydrogens (tertiary/aromatic N) is 1. The topological polar surface area (TPSA) is 37.4 Å². The van der Waals surface area contributed by atoms with E-state index in [1.165, 1.54) is 4.90 Å². The summed E-state index contributed by atoms with van der Waals surface area (Å²) in [5.41, 5.74) is 1.98. The Morgan fingerprint density at radius 2 is 1.21 bits per heavy atom. The molecule has 3 aliphatic rings. The highest BCUT2D eigenvalue weighted by Crippen LogP contribution is 2.57. The summed E-state index contributed by atoms with van der Waals surface area (Å²) in [6, 6.07) is 13.1. The molecule has 0 aliphatic carbocycles. The van der Waals surface area contributed by atoms with Crippen LogP contribution in [0.15, 0.2) is 76.5 Å². The van der Waals surface area contributed by atoms with E-state index in [1.54, 1.807) is 46.2 Å². The molecule has 0 saturated carbocycles. The molecule has 3 nitrogen and oxygen atoms in total. The number of hydrogen-bond donors (Lipinski definition) is 0. The predicted molar refractivity (Wildman–Crippen MR) is 142 cm³/mol. The monoisotopic (exact) mass is 547 g/mol. The van der Waals surface area contributed by atoms with E-state index in [0.29, 0.717) is 26.9 Å². The van der Waals surface area contributed by atoms with Gasteiger partial charge in [0, 0.05) is 31.7 Å². The minimum absolute atomic E-state index is 0.0364. The van der Waals surface area contributed by atoms with Crippen LogP contribution in [0.5, 0.6) is 0 Å². The van der Waals surface area contributed by atoms with Crippen LogP contribution in [-0.2, 0) is 9.59 Å². The summed E-state index contributed by atoms with van der Waals surface area (Å²) in [6.07, 6.45) is 4.06. The fraction of sp³-hybridized carbons (Fsp3) is 0.167. The summed E-state index contributed by atoms with van der Waals surface area (Å²) < 4.78 is 0. The molecular formula is C24H15Cl2NO2S4. The molecule has 33 heavy (non-hydrogen) atoms. The van der Waals surface area contributed by atoms with Crippen molar-refractivity contribution in [1.29, 1.82) is 0 Å². The zero-order valence-electron chi connectivity index (χ0n) is 16.8. The molecule has 6 rings (SSSR count). The van der Waals surface area contributed by atoms with E-state index < -0.39 is 0 Å². The highest BCUT2D eigenvalue weighted by molar-refractivity contribution is 8.05. The molecule has 1 fully saturated rings. The van der Waals surface area contributed by atoms with Gasteiger partial charge in [0.1, 0.15) is 0 Å². The average molecular weight is 549 g/mol. The zero-order valence-corrected chi connectivity index (χ0v) is 21.6. The van der Waals surface area contributed by atoms with Crippen LogP contribution in [-0.4, -0.2) is 22.3 Å². The number of thiophene rings is 2. The molecule has 0 bridgehead atoms. The smallest absolute Gasteiger partial charge is 0.262 e. The van der Waals surface area contributed by atoms with Crippen LogP contribution in [0, 0.1) is 0 Å². The Morgan fingerprint density at radius 1 is 0.727 bits per heavy atom. The van der Waals surface area contributed by atoms with Gasteiger partial charge in [-0.1, -0.05) is 53.6 Å². The second-order valence-corrected chi connectivity index (χ2v) is 13.1. The first kappa shape index (κ1) is 22.0. The molecule has 4 unspecified atom stereocenters. The summed E-state index contributed by atoms with van der Waals surface area (Å²) in [7, 11) is 0. The number of rotatable bonds is 3. The van der Waals surface area contributed by atoms with Gasteiger partial charge in [-0.15, -0.1) is 46.2 Å². The van der Waals surface area contributed by atoms with Gasteiger partial charge in [0.15, 0.2) is 0 Å². The van der Waals surface area contributed by atoms with Crippen LogP contribution in [0.3, 0.4) is 0 Å². The van der Waals surface area contributed by atoms with Crippen LogP contribution in [0.25, 0.3) is 0 Å². The van der Waals surface area contributed by atoms with Gasteiger partial charge in [0.2, 0.25) is 0 Å². The molecule has 4 atom stereocenters. The molecule has 5 heterocycles. The van der Waals surface area contributed by atoms with E-state index >= 15 is 0 Å². The number of benzene rings is 1. The Balaban J connectivity index is 1.46. The minimum Gasteiger partial charge on any atom is -0.269 e. The third kappa shape index (κ3) is 3.83. The summed E-state index contributed by atoms with van der Waals surface area (Å²) in [5, 5.41) is 5.09. The largest absolute Gasteiger partial charge is 0.269 e. The molecule has 3 aromatic rings. The number of halogens is 2. The van der Waals surface area contributed by atoms with Crippen molar-refractivity contribution in [2.75, 3.05) is 4.90 Å². The number of carbonyl (C=O) groups excluding carboxylic acids is 2. The Labute approximate surface area is 217 Å². The number of anilines is 1. The van der Waals surface area contributed by atoms with E-state index in [2.05, 4.69) is 0 Å². The molecule has 1 aromatic carbocycles. The first-order chi connectivity index (χ1) is 16.0. The van der Waals surface area contributed by atoms with Gasteiger partial charge in [-0.2, -0.15) is 0 Å². The van der Waals surface area contributed by atoms with Gasteiger partial charge in [0.05, 0.1) is 36.7 Å². The summed E-state index contributed by atoms with van der Waals surface area (Å²) in [5.74, 6) is -0.471. The molecule has 3 aliphatic heterocycles. The Kier molecular flexibility index (Phi) is 5.76. The first-order valence-corrected chi connectivity index (χ1v) is 14.6. The van der Waals surface area contributed by atoms with Crippen molar-refractivity contribution in [3.05, 3.63) is 96.3 Å². The number of thioether (sulfide) groups is 2. The molecule has 1 saturated heterocycles. The highest BCUT2D eigenvalue weighted by Gasteiger charge is 2.50. The predicted octanol–water partition coefficient (Wildman–Crippen LogP) is 7.56. The van der Waals surface area contributed by atoms with E-state index in [4.69, 9.17) is 23.2 Å². The molecule has 0 spiro atoms. The van der Waals surface area contributed by atoms with Crippen LogP contribution in [0.2, 0.25) is 10.0 Å². The molecule has 9 heteroatoms. The fourth-order valence-electron chi connectivity index (χ4n) is 4.33. The normalized spacial score (nSPS) is 26.7. The lowest BCUT2D eigenvalue weighted by molar-refractivity contribution is -0.122. The summed E-state index contributed by atoms with van der Waals surface area (Å²) in [6.45, 7) is 0. The van der Waals surface area contributed by atoms with Crippen molar-refractivity contribution in [1.82, 2.24) is 0 Å². The molecule has 0 radical (unpaired) electrons. The number of hydrogen-bond acceptors (Lipinski definition) is 6. The van der Waals surface area contributed by atoms with Crippen molar-refractivity contribution in [2.45, 2.75) is 21.0 Å². The van der Waals surface area contributed by atoms with Crippen LogP contribution in [0.4, 0.5) is 5.69 Å². The Hall–Kier alpha value is -1.48. The molecular weight excluding hydrogens is 533 g/mol. The number of fused-ring (bicyclic) bond motifs is 3. The number of amides is 2. The molecule has 2 aromatic heterocycles. The van der Waals surface area contributed by atoms with E-state index in [1.807, 2.05) is 65.4 Å². The number of para-hydroxylation sites is 1. The zero-order chi connectivity index (χ0) is 22.7. The molecule has 166 valence electrons. The molecule has 0 N–H and O–H groups in total. The number of carbonyl (C=O) groups is 2. The van der Waals surface area contributed by atoms with E-state index in [9.17, 15) is 9.59 Å². The second-order valence-electron chi connectivity index (χ2n) is 7.81. The van der Waals surface area contributed by atoms with Crippen molar-refractivity contribution >= 4 is 86.9 Å². The maximum Gasteiger partial charge on any atom is 0.262 e. The maximum atomic E-state index is 13.8. The fourth-order valence-corrected chi connectivity index (χ4v) is 10.2. The van der Waals surface area contributed by atoms with Gasteiger partial charge in [-0.3, -0.25) is 9.59 Å². The van der Waals surface area contributed by atoms with Crippen molar-refractivity contribution in [3.8, 4) is 0 Å². The Bertz CT molecular complexity index is 1250. The van der Waals surface area contributed by atoms with Gasteiger partial charge >= 0.3 is 0 Å². The second kappa shape index (κ2) is 8.63. The van der Waals surface area contributed by atoms with Crippen LogP contribution < -0.4 is 4.90 Å². The van der Waals surface area contributed by atoms with Crippen molar-refractivity contribution < 1.29 is 9.59 Å². The SMILES string of the molecule is O=C1C2=CC(c3cc(Cl)cs3)SC2C2SC(c3cc(Cl)cs3)C=C2C(=O)N1c1ccccc1. The maximum absolute atomic E-state index is 13.8. The third-order valence-electron chi connectivity index (χ3n) is 5.79. The highest BCUT2D eigenvalue weighted by atomic mass is 35.5. The van der Waals surface area contributed by atoms with Crippen LogP contribution in [0.1, 0.15) is 20.3 Å². The van der Waals surface area contributed by atoms with Gasteiger partial charge in [-0.05, 0) is 24.3 Å². The van der Waals surface area contributed by atoms with Gasteiger partial charge in [-0.25, -0.2) is 4.90 Å². The van der Waals surface area contributed by atoms with Crippen LogP contribution >= 0.6 is 69.4 Å². The Morgan fingerprint density at radius 3 is 1.64 bits per heavy atom. The minimum atomic E-state index is -0.236. The van der Waals surface area contributed by atoms with Gasteiger partial charge < -0.3 is 0 Å². The lowest BCUT2D eigenvalue weighted by atomic mass is 10.0. The van der Waals surface area contributed by atoms with Crippen molar-refractivity contribution in [3.63, 3.8) is 0 Å².